The number of carbonyl (C=O) groups is 4. The molecule has 0 amide bonds. The molecule has 0 saturated carbocycles. The number of carbonyl (C=O) groups excluding carboxylic acids is 4. The molecule has 0 aliphatic heterocycles. The highest BCUT2D eigenvalue weighted by molar-refractivity contribution is 5.82. The zero-order valence-corrected chi connectivity index (χ0v) is 17.4. The normalized spacial score (nSPS) is 15.4. The summed E-state index contributed by atoms with van der Waals surface area (Å²) in [6, 6.07) is -1.78. The Morgan fingerprint density at radius 3 is 0.750 bits per heavy atom. The summed E-state index contributed by atoms with van der Waals surface area (Å²) in [7, 11) is 0. The molecule has 8 N–H and O–H groups in total. The van der Waals surface area contributed by atoms with Crippen LogP contribution in [0.25, 0.3) is 0 Å². The van der Waals surface area contributed by atoms with Gasteiger partial charge in [-0.1, -0.05) is 24.3 Å². The van der Waals surface area contributed by atoms with Crippen molar-refractivity contribution in [1.29, 1.82) is 0 Å². The van der Waals surface area contributed by atoms with E-state index >= 15 is 0 Å². The number of ketones is 4. The fourth-order valence-electron chi connectivity index (χ4n) is 1.64. The van der Waals surface area contributed by atoms with Crippen LogP contribution in [0.2, 0.25) is 0 Å². The smallest absolute Gasteiger partial charge is 0.146 e. The Bertz CT molecular complexity index is 475. The average molecular weight is 397 g/mol. The van der Waals surface area contributed by atoms with Crippen LogP contribution >= 0.6 is 0 Å². The molecule has 0 saturated heterocycles. The predicted molar refractivity (Wildman–Crippen MR) is 111 cm³/mol. The maximum Gasteiger partial charge on any atom is 0.146 e. The summed E-state index contributed by atoms with van der Waals surface area (Å²) in [5.41, 5.74) is 22.0. The SMILES string of the molecule is CC(=O)[C@@H](N)C/C=C/C[C@H](N)C(C)=O.CC(=O)[C@H](N)C/C=C/C[C@H](N)C(C)=O. The Balaban J connectivity index is 0. The van der Waals surface area contributed by atoms with Crippen molar-refractivity contribution < 1.29 is 19.2 Å². The van der Waals surface area contributed by atoms with Crippen LogP contribution in [0.15, 0.2) is 24.3 Å². The van der Waals surface area contributed by atoms with Crippen LogP contribution in [0.3, 0.4) is 0 Å². The predicted octanol–water partition coefficient (Wildman–Crippen LogP) is 0.311. The first-order chi connectivity index (χ1) is 12.9. The largest absolute Gasteiger partial charge is 0.321 e. The Morgan fingerprint density at radius 1 is 0.500 bits per heavy atom. The van der Waals surface area contributed by atoms with Gasteiger partial charge >= 0.3 is 0 Å². The quantitative estimate of drug-likeness (QED) is 0.341. The topological polar surface area (TPSA) is 172 Å². The van der Waals surface area contributed by atoms with E-state index in [1.54, 1.807) is 24.3 Å². The first kappa shape index (κ1) is 28.2. The van der Waals surface area contributed by atoms with Crippen LogP contribution in [0.5, 0.6) is 0 Å². The van der Waals surface area contributed by atoms with Gasteiger partial charge in [-0.25, -0.2) is 0 Å². The molecule has 0 spiro atoms. The highest BCUT2D eigenvalue weighted by Crippen LogP contribution is 1.97. The van der Waals surface area contributed by atoms with E-state index in [-0.39, 0.29) is 23.1 Å². The monoisotopic (exact) mass is 396 g/mol. The molecule has 8 nitrogen and oxygen atoms in total. The lowest BCUT2D eigenvalue weighted by atomic mass is 10.1. The molecule has 28 heavy (non-hydrogen) atoms. The molecule has 0 aliphatic rings. The minimum Gasteiger partial charge on any atom is -0.321 e. The zero-order valence-electron chi connectivity index (χ0n) is 17.4. The molecule has 0 radical (unpaired) electrons. The van der Waals surface area contributed by atoms with Gasteiger partial charge in [-0.15, -0.1) is 0 Å². The van der Waals surface area contributed by atoms with Gasteiger partial charge in [-0.3, -0.25) is 19.2 Å². The van der Waals surface area contributed by atoms with E-state index in [4.69, 9.17) is 22.9 Å². The van der Waals surface area contributed by atoms with Crippen LogP contribution < -0.4 is 22.9 Å². The molecule has 8 heteroatoms. The van der Waals surface area contributed by atoms with E-state index in [0.29, 0.717) is 25.7 Å². The van der Waals surface area contributed by atoms with Crippen molar-refractivity contribution in [3.05, 3.63) is 24.3 Å². The van der Waals surface area contributed by atoms with Crippen LogP contribution in [-0.4, -0.2) is 47.3 Å². The van der Waals surface area contributed by atoms with E-state index in [0.717, 1.165) is 0 Å². The van der Waals surface area contributed by atoms with E-state index in [2.05, 4.69) is 0 Å². The van der Waals surface area contributed by atoms with Gasteiger partial charge in [0.25, 0.3) is 0 Å². The van der Waals surface area contributed by atoms with Gasteiger partial charge in [0, 0.05) is 0 Å². The standard InChI is InChI=1S/2C10H18N2O2/c2*1-7(13)9(11)5-3-4-6-10(12)8(2)14/h2*3-4,9-10H,5-6,11-12H2,1-2H3/b2*4-3+/t9-,10+;9-,10-/m.0/s1. The lowest BCUT2D eigenvalue weighted by molar-refractivity contribution is -0.119. The van der Waals surface area contributed by atoms with Crippen molar-refractivity contribution in [2.45, 2.75) is 77.5 Å². The van der Waals surface area contributed by atoms with Gasteiger partial charge in [0.15, 0.2) is 0 Å². The fourth-order valence-corrected chi connectivity index (χ4v) is 1.64. The summed E-state index contributed by atoms with van der Waals surface area (Å²) in [5, 5.41) is 0. The Kier molecular flexibility index (Phi) is 16.1. The Hall–Kier alpha value is -2.00. The van der Waals surface area contributed by atoms with Gasteiger partial charge in [0.2, 0.25) is 0 Å². The van der Waals surface area contributed by atoms with Crippen LogP contribution in [0, 0.1) is 0 Å². The summed E-state index contributed by atoms with van der Waals surface area (Å²) >= 11 is 0. The number of Topliss-reactive ketones (excluding diaryl/α,β-unsaturated/α-hetero) is 4. The van der Waals surface area contributed by atoms with Crippen molar-refractivity contribution in [2.24, 2.45) is 22.9 Å². The molecular weight excluding hydrogens is 360 g/mol. The van der Waals surface area contributed by atoms with Gasteiger partial charge in [-0.05, 0) is 53.4 Å². The van der Waals surface area contributed by atoms with E-state index in [1.807, 2.05) is 0 Å². The minimum atomic E-state index is -0.445. The second kappa shape index (κ2) is 16.0. The van der Waals surface area contributed by atoms with E-state index in [1.165, 1.54) is 27.7 Å². The minimum absolute atomic E-state index is 0.0366. The molecule has 0 heterocycles. The summed E-state index contributed by atoms with van der Waals surface area (Å²) in [6.45, 7) is 5.83. The number of nitrogens with two attached hydrogens (primary N) is 4. The zero-order chi connectivity index (χ0) is 22.3. The maximum atomic E-state index is 10.7. The summed E-state index contributed by atoms with van der Waals surface area (Å²) in [4.78, 5) is 43.0. The Labute approximate surface area is 167 Å². The van der Waals surface area contributed by atoms with Crippen molar-refractivity contribution in [3.8, 4) is 0 Å². The van der Waals surface area contributed by atoms with Gasteiger partial charge in [-0.2, -0.15) is 0 Å². The van der Waals surface area contributed by atoms with Crippen LogP contribution in [0.1, 0.15) is 53.4 Å². The fraction of sp³-hybridized carbons (Fsp3) is 0.600. The molecule has 0 aliphatic carbocycles. The van der Waals surface area contributed by atoms with Crippen molar-refractivity contribution in [2.75, 3.05) is 0 Å². The molecule has 0 aromatic heterocycles. The first-order valence-electron chi connectivity index (χ1n) is 9.24. The third-order valence-electron chi connectivity index (χ3n) is 3.98. The summed E-state index contributed by atoms with van der Waals surface area (Å²) < 4.78 is 0. The van der Waals surface area contributed by atoms with Gasteiger partial charge < -0.3 is 22.9 Å². The number of hydrogen-bond donors (Lipinski definition) is 4. The average Bonchev–Trinajstić information content (AvgIpc) is 2.61. The molecule has 0 bridgehead atoms. The first-order valence-corrected chi connectivity index (χ1v) is 9.24. The molecule has 0 unspecified atom stereocenters. The van der Waals surface area contributed by atoms with Crippen LogP contribution in [0.4, 0.5) is 0 Å². The van der Waals surface area contributed by atoms with Gasteiger partial charge in [0.05, 0.1) is 24.2 Å². The molecule has 0 rings (SSSR count). The molecular formula is C20H36N4O4. The molecule has 0 aromatic rings. The highest BCUT2D eigenvalue weighted by Gasteiger charge is 2.07. The lowest BCUT2D eigenvalue weighted by Crippen LogP contribution is -2.28. The third kappa shape index (κ3) is 16.2. The number of rotatable bonds is 12. The number of hydrogen-bond acceptors (Lipinski definition) is 8. The van der Waals surface area contributed by atoms with Crippen LogP contribution in [-0.2, 0) is 19.2 Å². The second-order valence-corrected chi connectivity index (χ2v) is 6.75. The second-order valence-electron chi connectivity index (χ2n) is 6.75. The molecule has 4 atom stereocenters. The van der Waals surface area contributed by atoms with E-state index < -0.39 is 24.2 Å². The van der Waals surface area contributed by atoms with Crippen molar-refractivity contribution in [3.63, 3.8) is 0 Å². The van der Waals surface area contributed by atoms with E-state index in [9.17, 15) is 19.2 Å². The molecule has 160 valence electrons. The molecule has 0 fully saturated rings. The van der Waals surface area contributed by atoms with Crippen molar-refractivity contribution >= 4 is 23.1 Å². The Morgan fingerprint density at radius 2 is 0.643 bits per heavy atom. The maximum absolute atomic E-state index is 10.7. The lowest BCUT2D eigenvalue weighted by Gasteiger charge is -2.04. The molecule has 0 aromatic carbocycles. The van der Waals surface area contributed by atoms with Crippen molar-refractivity contribution in [1.82, 2.24) is 0 Å². The highest BCUT2D eigenvalue weighted by atomic mass is 16.1. The van der Waals surface area contributed by atoms with Gasteiger partial charge in [0.1, 0.15) is 23.1 Å². The summed E-state index contributed by atoms with van der Waals surface area (Å²) in [6.07, 6.45) is 9.15. The third-order valence-corrected chi connectivity index (χ3v) is 3.98. The summed E-state index contributed by atoms with van der Waals surface area (Å²) in [5.74, 6) is -0.146.